The molecule has 0 bridgehead atoms. The molecule has 6 nitrogen and oxygen atoms in total. The Morgan fingerprint density at radius 1 is 1.06 bits per heavy atom. The molecule has 0 aliphatic rings. The van der Waals surface area contributed by atoms with E-state index in [1.807, 2.05) is 72.8 Å². The largest absolute Gasteiger partial charge is 0.497 e. The van der Waals surface area contributed by atoms with Gasteiger partial charge in [0.15, 0.2) is 0 Å². The van der Waals surface area contributed by atoms with Gasteiger partial charge in [-0.3, -0.25) is 4.79 Å². The third-order valence-corrected chi connectivity index (χ3v) is 5.00. The lowest BCUT2D eigenvalue weighted by atomic mass is 10.2. The van der Waals surface area contributed by atoms with Crippen LogP contribution in [0, 0.1) is 0 Å². The molecule has 31 heavy (non-hydrogen) atoms. The predicted octanol–water partition coefficient (Wildman–Crippen LogP) is 4.99. The Bertz CT molecular complexity index is 1020. The van der Waals surface area contributed by atoms with Gasteiger partial charge in [-0.2, -0.15) is 5.10 Å². The van der Waals surface area contributed by atoms with Crippen molar-refractivity contribution in [2.75, 3.05) is 12.4 Å². The Balaban J connectivity index is 1.54. The zero-order valence-corrected chi connectivity index (χ0v) is 18.9. The minimum atomic E-state index is -0.463. The van der Waals surface area contributed by atoms with E-state index in [9.17, 15) is 4.79 Å². The summed E-state index contributed by atoms with van der Waals surface area (Å²) >= 11 is 3.43. The number of rotatable bonds is 9. The summed E-state index contributed by atoms with van der Waals surface area (Å²) in [4.78, 5) is 12.3. The van der Waals surface area contributed by atoms with Gasteiger partial charge in [0.25, 0.3) is 5.91 Å². The maximum Gasteiger partial charge on any atom is 0.262 e. The van der Waals surface area contributed by atoms with Crippen LogP contribution < -0.4 is 20.2 Å². The second-order valence-electron chi connectivity index (χ2n) is 6.78. The molecular formula is C24H24BrN3O3. The van der Waals surface area contributed by atoms with E-state index in [4.69, 9.17) is 9.47 Å². The van der Waals surface area contributed by atoms with Gasteiger partial charge >= 0.3 is 0 Å². The molecule has 1 amide bonds. The molecule has 0 aromatic heterocycles. The summed E-state index contributed by atoms with van der Waals surface area (Å²) in [6.07, 6.45) is 1.58. The molecule has 3 aromatic carbocycles. The normalized spacial score (nSPS) is 11.7. The van der Waals surface area contributed by atoms with Gasteiger partial charge in [0.1, 0.15) is 24.1 Å². The van der Waals surface area contributed by atoms with Crippen molar-refractivity contribution < 1.29 is 14.3 Å². The first kappa shape index (κ1) is 22.4. The molecule has 7 heteroatoms. The van der Waals surface area contributed by atoms with Crippen LogP contribution in [-0.4, -0.2) is 25.3 Å². The zero-order chi connectivity index (χ0) is 22.1. The Kier molecular flexibility index (Phi) is 8.06. The third kappa shape index (κ3) is 6.86. The van der Waals surface area contributed by atoms with Crippen molar-refractivity contribution in [3.8, 4) is 11.5 Å². The van der Waals surface area contributed by atoms with Crippen LogP contribution in [0.2, 0.25) is 0 Å². The number of amides is 1. The number of nitrogens with zero attached hydrogens (tertiary/aromatic N) is 1. The molecule has 3 rings (SSSR count). The van der Waals surface area contributed by atoms with Crippen LogP contribution in [0.1, 0.15) is 18.1 Å². The predicted molar refractivity (Wildman–Crippen MR) is 127 cm³/mol. The number of benzene rings is 3. The fourth-order valence-corrected chi connectivity index (χ4v) is 2.99. The van der Waals surface area contributed by atoms with Crippen molar-refractivity contribution in [2.45, 2.75) is 19.6 Å². The van der Waals surface area contributed by atoms with Crippen molar-refractivity contribution in [3.63, 3.8) is 0 Å². The Morgan fingerprint density at radius 2 is 1.77 bits per heavy atom. The molecule has 0 spiro atoms. The van der Waals surface area contributed by atoms with Crippen LogP contribution in [-0.2, 0) is 11.4 Å². The average Bonchev–Trinajstić information content (AvgIpc) is 2.80. The summed E-state index contributed by atoms with van der Waals surface area (Å²) in [5, 5.41) is 7.21. The topological polar surface area (TPSA) is 72.0 Å². The van der Waals surface area contributed by atoms with E-state index in [-0.39, 0.29) is 5.91 Å². The minimum absolute atomic E-state index is 0.250. The summed E-state index contributed by atoms with van der Waals surface area (Å²) in [6.45, 7) is 2.21. The summed E-state index contributed by atoms with van der Waals surface area (Å²) < 4.78 is 12.1. The Morgan fingerprint density at radius 3 is 2.48 bits per heavy atom. The smallest absolute Gasteiger partial charge is 0.262 e. The molecule has 2 N–H and O–H groups in total. The number of hydrazone groups is 1. The van der Waals surface area contributed by atoms with Crippen molar-refractivity contribution in [1.82, 2.24) is 5.43 Å². The number of carbonyl (C=O) groups excluding carboxylic acids is 1. The van der Waals surface area contributed by atoms with Crippen molar-refractivity contribution in [2.24, 2.45) is 5.10 Å². The SMILES string of the molecule is COc1ccc(N[C@H](C)C(=O)N/N=C\c2ccccc2OCc2ccc(Br)cc2)cc1. The lowest BCUT2D eigenvalue weighted by Gasteiger charge is -2.14. The second kappa shape index (κ2) is 11.2. The van der Waals surface area contributed by atoms with Crippen molar-refractivity contribution in [3.05, 3.63) is 88.4 Å². The van der Waals surface area contributed by atoms with Gasteiger partial charge in [0.05, 0.1) is 13.3 Å². The van der Waals surface area contributed by atoms with Gasteiger partial charge in [-0.05, 0) is 61.0 Å². The van der Waals surface area contributed by atoms with Gasteiger partial charge < -0.3 is 14.8 Å². The number of hydrogen-bond donors (Lipinski definition) is 2. The maximum absolute atomic E-state index is 12.3. The highest BCUT2D eigenvalue weighted by atomic mass is 79.9. The third-order valence-electron chi connectivity index (χ3n) is 4.47. The summed E-state index contributed by atoms with van der Waals surface area (Å²) in [6, 6.07) is 22.4. The van der Waals surface area contributed by atoms with Crippen molar-refractivity contribution in [1.29, 1.82) is 0 Å². The highest BCUT2D eigenvalue weighted by Gasteiger charge is 2.11. The molecule has 160 valence electrons. The fourth-order valence-electron chi connectivity index (χ4n) is 2.73. The van der Waals surface area contributed by atoms with Crippen molar-refractivity contribution >= 4 is 33.7 Å². The van der Waals surface area contributed by atoms with E-state index in [0.717, 1.165) is 27.0 Å². The lowest BCUT2D eigenvalue weighted by Crippen LogP contribution is -2.34. The molecule has 1 atom stereocenters. The molecule has 0 heterocycles. The molecule has 3 aromatic rings. The van der Waals surface area contributed by atoms with Gasteiger partial charge in [-0.15, -0.1) is 0 Å². The highest BCUT2D eigenvalue weighted by molar-refractivity contribution is 9.10. The summed E-state index contributed by atoms with van der Waals surface area (Å²) in [5.41, 5.74) is 5.21. The molecule has 0 unspecified atom stereocenters. The van der Waals surface area contributed by atoms with Crippen LogP contribution in [0.25, 0.3) is 0 Å². The summed E-state index contributed by atoms with van der Waals surface area (Å²) in [7, 11) is 1.61. The summed E-state index contributed by atoms with van der Waals surface area (Å²) in [5.74, 6) is 1.20. The number of hydrogen-bond acceptors (Lipinski definition) is 5. The molecule has 0 aliphatic carbocycles. The molecular weight excluding hydrogens is 458 g/mol. The van der Waals surface area contributed by atoms with E-state index in [2.05, 4.69) is 31.8 Å². The van der Waals surface area contributed by atoms with Gasteiger partial charge in [0.2, 0.25) is 0 Å². The fraction of sp³-hybridized carbons (Fsp3) is 0.167. The number of carbonyl (C=O) groups is 1. The maximum atomic E-state index is 12.3. The van der Waals surface area contributed by atoms with E-state index in [0.29, 0.717) is 12.4 Å². The van der Waals surface area contributed by atoms with Gasteiger partial charge in [0, 0.05) is 15.7 Å². The molecule has 0 aliphatic heterocycles. The first-order chi connectivity index (χ1) is 15.0. The van der Waals surface area contributed by atoms with Gasteiger partial charge in [-0.25, -0.2) is 5.43 Å². The molecule has 0 fully saturated rings. The molecule has 0 saturated carbocycles. The van der Waals surface area contributed by atoms with Crippen LogP contribution >= 0.6 is 15.9 Å². The number of halogens is 1. The number of para-hydroxylation sites is 1. The van der Waals surface area contributed by atoms with Crippen LogP contribution in [0.15, 0.2) is 82.4 Å². The van der Waals surface area contributed by atoms with Gasteiger partial charge in [-0.1, -0.05) is 40.2 Å². The molecule has 0 radical (unpaired) electrons. The van der Waals surface area contributed by atoms with E-state index in [1.165, 1.54) is 0 Å². The monoisotopic (exact) mass is 481 g/mol. The van der Waals surface area contributed by atoms with Crippen LogP contribution in [0.4, 0.5) is 5.69 Å². The van der Waals surface area contributed by atoms with E-state index >= 15 is 0 Å². The van der Waals surface area contributed by atoms with E-state index in [1.54, 1.807) is 20.2 Å². The number of methoxy groups -OCH3 is 1. The number of nitrogens with one attached hydrogen (secondary N) is 2. The Labute approximate surface area is 190 Å². The average molecular weight is 482 g/mol. The second-order valence-corrected chi connectivity index (χ2v) is 7.70. The standard InChI is InChI=1S/C24H24BrN3O3/c1-17(27-21-11-13-22(30-2)14-12-21)24(29)28-26-15-19-5-3-4-6-23(19)31-16-18-7-9-20(25)10-8-18/h3-15,17,27H,16H2,1-2H3,(H,28,29)/b26-15-/t17-/m1/s1. The first-order valence-corrected chi connectivity index (χ1v) is 10.5. The first-order valence-electron chi connectivity index (χ1n) is 9.75. The Hall–Kier alpha value is -3.32. The molecule has 0 saturated heterocycles. The van der Waals surface area contributed by atoms with Crippen LogP contribution in [0.5, 0.6) is 11.5 Å². The van der Waals surface area contributed by atoms with Crippen LogP contribution in [0.3, 0.4) is 0 Å². The quantitative estimate of drug-likeness (QED) is 0.333. The lowest BCUT2D eigenvalue weighted by molar-refractivity contribution is -0.121. The number of ether oxygens (including phenoxy) is 2. The minimum Gasteiger partial charge on any atom is -0.497 e. The van der Waals surface area contributed by atoms with E-state index < -0.39 is 6.04 Å². The number of anilines is 1. The zero-order valence-electron chi connectivity index (χ0n) is 17.3. The highest BCUT2D eigenvalue weighted by Crippen LogP contribution is 2.19.